The number of carbonyl (C=O) groups is 1. The lowest BCUT2D eigenvalue weighted by Crippen LogP contribution is -2.52. The van der Waals surface area contributed by atoms with Gasteiger partial charge >= 0.3 is 6.03 Å². The first-order valence-electron chi connectivity index (χ1n) is 11.1. The van der Waals surface area contributed by atoms with E-state index in [1.165, 1.54) is 5.56 Å². The Labute approximate surface area is 195 Å². The van der Waals surface area contributed by atoms with Crippen LogP contribution < -0.4 is 20.1 Å². The van der Waals surface area contributed by atoms with Crippen LogP contribution in [0.25, 0.3) is 0 Å². The zero-order chi connectivity index (χ0) is 22.7. The van der Waals surface area contributed by atoms with Crippen molar-refractivity contribution in [2.45, 2.75) is 48.1 Å². The molecule has 6 nitrogen and oxygen atoms in total. The molecule has 4 rings (SSSR count). The number of urea groups is 1. The van der Waals surface area contributed by atoms with E-state index in [-0.39, 0.29) is 17.5 Å². The number of methoxy groups -OCH3 is 2. The number of hydrogen-bond donors (Lipinski definition) is 2. The highest BCUT2D eigenvalue weighted by molar-refractivity contribution is 7.98. The number of anilines is 1. The van der Waals surface area contributed by atoms with Gasteiger partial charge in [-0.05, 0) is 75.4 Å². The zero-order valence-corrected chi connectivity index (χ0v) is 20.1. The van der Waals surface area contributed by atoms with Crippen LogP contribution in [-0.4, -0.2) is 57.1 Å². The maximum atomic E-state index is 12.8. The van der Waals surface area contributed by atoms with Gasteiger partial charge < -0.3 is 25.0 Å². The molecule has 2 aromatic rings. The Morgan fingerprint density at radius 2 is 1.91 bits per heavy atom. The van der Waals surface area contributed by atoms with Gasteiger partial charge in [0.05, 0.1) is 19.9 Å². The summed E-state index contributed by atoms with van der Waals surface area (Å²) in [4.78, 5) is 16.3. The lowest BCUT2D eigenvalue weighted by atomic mass is 9.65. The van der Waals surface area contributed by atoms with E-state index in [9.17, 15) is 4.79 Å². The summed E-state index contributed by atoms with van der Waals surface area (Å²) in [6.07, 6.45) is 6.05. The van der Waals surface area contributed by atoms with Crippen LogP contribution in [0.1, 0.15) is 31.2 Å². The van der Waals surface area contributed by atoms with Gasteiger partial charge in [0.25, 0.3) is 0 Å². The van der Waals surface area contributed by atoms with Gasteiger partial charge in [-0.1, -0.05) is 18.2 Å². The van der Waals surface area contributed by atoms with Gasteiger partial charge in [-0.3, -0.25) is 0 Å². The minimum Gasteiger partial charge on any atom is -0.493 e. The van der Waals surface area contributed by atoms with Crippen molar-refractivity contribution in [1.29, 1.82) is 0 Å². The molecule has 0 radical (unpaired) electrons. The quantitative estimate of drug-likeness (QED) is 0.616. The number of likely N-dealkylation sites (N-methyl/N-ethyl adjacent to an activating group) is 1. The number of benzene rings is 2. The number of rotatable bonds is 6. The second kappa shape index (κ2) is 9.63. The summed E-state index contributed by atoms with van der Waals surface area (Å²) >= 11 is 1.63. The Hall–Kier alpha value is -2.38. The van der Waals surface area contributed by atoms with E-state index in [0.29, 0.717) is 6.04 Å². The van der Waals surface area contributed by atoms with Crippen LogP contribution in [0.15, 0.2) is 47.4 Å². The van der Waals surface area contributed by atoms with E-state index in [0.717, 1.165) is 54.3 Å². The average Bonchev–Trinajstić information content (AvgIpc) is 3.16. The van der Waals surface area contributed by atoms with Gasteiger partial charge in [-0.25, -0.2) is 4.79 Å². The summed E-state index contributed by atoms with van der Waals surface area (Å²) < 4.78 is 11.0. The Morgan fingerprint density at radius 1 is 1.12 bits per heavy atom. The van der Waals surface area contributed by atoms with Crippen LogP contribution in [0.2, 0.25) is 0 Å². The molecule has 2 amide bonds. The van der Waals surface area contributed by atoms with Crippen LogP contribution in [0.5, 0.6) is 11.5 Å². The topological polar surface area (TPSA) is 62.8 Å². The monoisotopic (exact) mass is 455 g/mol. The summed E-state index contributed by atoms with van der Waals surface area (Å²) in [6, 6.07) is 14.6. The molecule has 1 saturated heterocycles. The Morgan fingerprint density at radius 3 is 2.66 bits per heavy atom. The molecule has 1 saturated carbocycles. The van der Waals surface area contributed by atoms with Gasteiger partial charge in [0.15, 0.2) is 11.5 Å². The van der Waals surface area contributed by atoms with Crippen molar-refractivity contribution < 1.29 is 14.3 Å². The maximum absolute atomic E-state index is 12.8. The van der Waals surface area contributed by atoms with Crippen molar-refractivity contribution in [1.82, 2.24) is 10.2 Å². The number of carbonyl (C=O) groups excluding carboxylic acids is 1. The molecule has 0 aromatic heterocycles. The lowest BCUT2D eigenvalue weighted by Gasteiger charge is -2.45. The van der Waals surface area contributed by atoms with Crippen molar-refractivity contribution in [3.8, 4) is 11.5 Å². The number of ether oxygens (including phenoxy) is 2. The fraction of sp³-hybridized carbons (Fsp3) is 0.480. The van der Waals surface area contributed by atoms with Crippen LogP contribution in [0.4, 0.5) is 10.5 Å². The van der Waals surface area contributed by atoms with E-state index in [2.05, 4.69) is 34.7 Å². The highest BCUT2D eigenvalue weighted by Crippen LogP contribution is 2.49. The summed E-state index contributed by atoms with van der Waals surface area (Å²) in [5, 5.41) is 6.26. The fourth-order valence-corrected chi connectivity index (χ4v) is 6.04. The molecule has 172 valence electrons. The van der Waals surface area contributed by atoms with E-state index in [1.54, 1.807) is 26.0 Å². The summed E-state index contributed by atoms with van der Waals surface area (Å²) in [5.74, 6) is 1.54. The first-order chi connectivity index (χ1) is 15.5. The average molecular weight is 456 g/mol. The molecule has 2 fully saturated rings. The molecule has 0 unspecified atom stereocenters. The molecule has 2 N–H and O–H groups in total. The van der Waals surface area contributed by atoms with Crippen molar-refractivity contribution in [2.75, 3.05) is 39.4 Å². The Bertz CT molecular complexity index is 969. The van der Waals surface area contributed by atoms with Gasteiger partial charge in [-0.2, -0.15) is 0 Å². The molecule has 1 aliphatic carbocycles. The van der Waals surface area contributed by atoms with Gasteiger partial charge in [-0.15, -0.1) is 11.8 Å². The second-order valence-corrected chi connectivity index (χ2v) is 9.59. The maximum Gasteiger partial charge on any atom is 0.319 e. The van der Waals surface area contributed by atoms with Crippen LogP contribution >= 0.6 is 11.8 Å². The number of nitrogens with one attached hydrogen (secondary N) is 2. The molecule has 7 heteroatoms. The van der Waals surface area contributed by atoms with Crippen LogP contribution in [0, 0.1) is 0 Å². The number of para-hydroxylation sites is 1. The largest absolute Gasteiger partial charge is 0.493 e. The highest BCUT2D eigenvalue weighted by atomic mass is 32.2. The van der Waals surface area contributed by atoms with E-state index >= 15 is 0 Å². The number of thioether (sulfide) groups is 1. The van der Waals surface area contributed by atoms with Crippen LogP contribution in [0.3, 0.4) is 0 Å². The predicted octanol–water partition coefficient (Wildman–Crippen LogP) is 4.74. The second-order valence-electron chi connectivity index (χ2n) is 8.74. The minimum atomic E-state index is -0.129. The van der Waals surface area contributed by atoms with Crippen molar-refractivity contribution in [3.05, 3.63) is 48.0 Å². The third kappa shape index (κ3) is 4.28. The van der Waals surface area contributed by atoms with Crippen molar-refractivity contribution in [2.24, 2.45) is 0 Å². The molecular weight excluding hydrogens is 422 g/mol. The Kier molecular flexibility index (Phi) is 6.86. The third-order valence-corrected chi connectivity index (χ3v) is 7.97. The zero-order valence-electron chi connectivity index (χ0n) is 19.3. The minimum absolute atomic E-state index is 0.0778. The molecule has 2 aliphatic rings. The standard InChI is InChI=1S/C25H33N3O3S/c1-28-14-13-25(17-9-10-20(30-2)21(15-17)31-3)12-11-18(16-23(25)28)26-24(29)27-19-7-5-6-8-22(19)32-4/h5-10,15,18,23H,11-14,16H2,1-4H3,(H2,26,27,29)/t18-,23+,25-/m0/s1. The molecule has 2 aromatic carbocycles. The first-order valence-corrected chi connectivity index (χ1v) is 12.4. The number of amides is 2. The van der Waals surface area contributed by atoms with E-state index in [4.69, 9.17) is 9.47 Å². The number of nitrogens with zero attached hydrogens (tertiary/aromatic N) is 1. The lowest BCUT2D eigenvalue weighted by molar-refractivity contribution is 0.156. The molecular formula is C25H33N3O3S. The fourth-order valence-electron chi connectivity index (χ4n) is 5.49. The SMILES string of the molecule is COc1ccc([C@@]23CC[C@H](NC(=O)Nc4ccccc4SC)C[C@H]2N(C)CC3)cc1OC. The smallest absolute Gasteiger partial charge is 0.319 e. The molecule has 0 bridgehead atoms. The number of fused-ring (bicyclic) bond motifs is 1. The van der Waals surface area contributed by atoms with Gasteiger partial charge in [0.1, 0.15) is 0 Å². The number of likely N-dealkylation sites (tertiary alicyclic amines) is 1. The van der Waals surface area contributed by atoms with Gasteiger partial charge in [0, 0.05) is 22.4 Å². The molecule has 1 aliphatic heterocycles. The van der Waals surface area contributed by atoms with Crippen LogP contribution in [-0.2, 0) is 5.41 Å². The molecule has 0 spiro atoms. The van der Waals surface area contributed by atoms with Crippen molar-refractivity contribution >= 4 is 23.5 Å². The molecule has 3 atom stereocenters. The highest BCUT2D eigenvalue weighted by Gasteiger charge is 2.50. The molecule has 32 heavy (non-hydrogen) atoms. The summed E-state index contributed by atoms with van der Waals surface area (Å²) in [5.41, 5.74) is 2.24. The summed E-state index contributed by atoms with van der Waals surface area (Å²) in [7, 11) is 5.55. The van der Waals surface area contributed by atoms with Gasteiger partial charge in [0.2, 0.25) is 0 Å². The Balaban J connectivity index is 1.48. The first kappa shape index (κ1) is 22.8. The number of hydrogen-bond acceptors (Lipinski definition) is 5. The summed E-state index contributed by atoms with van der Waals surface area (Å²) in [6.45, 7) is 1.05. The van der Waals surface area contributed by atoms with E-state index in [1.807, 2.05) is 36.6 Å². The van der Waals surface area contributed by atoms with Crippen molar-refractivity contribution in [3.63, 3.8) is 0 Å². The molecule has 1 heterocycles. The normalized spacial score (nSPS) is 25.1. The predicted molar refractivity (Wildman–Crippen MR) is 130 cm³/mol. The third-order valence-electron chi connectivity index (χ3n) is 7.18. The van der Waals surface area contributed by atoms with E-state index < -0.39 is 0 Å².